The number of aromatic nitrogens is 2. The maximum absolute atomic E-state index is 9.98. The second-order valence-corrected chi connectivity index (χ2v) is 5.96. The van der Waals surface area contributed by atoms with Crippen molar-refractivity contribution in [2.75, 3.05) is 24.6 Å². The van der Waals surface area contributed by atoms with Gasteiger partial charge in [-0.1, -0.05) is 11.6 Å². The first-order valence-electron chi connectivity index (χ1n) is 7.21. The Labute approximate surface area is 123 Å². The second-order valence-electron chi connectivity index (χ2n) is 5.58. The third kappa shape index (κ3) is 2.75. The van der Waals surface area contributed by atoms with Gasteiger partial charge in [0.25, 0.3) is 0 Å². The molecule has 1 saturated heterocycles. The molecular weight excluding hydrogens is 278 g/mol. The zero-order chi connectivity index (χ0) is 14.1. The van der Waals surface area contributed by atoms with Crippen molar-refractivity contribution in [2.45, 2.75) is 32.5 Å². The molecule has 1 aliphatic heterocycles. The van der Waals surface area contributed by atoms with Crippen LogP contribution in [0.2, 0.25) is 5.15 Å². The van der Waals surface area contributed by atoms with E-state index >= 15 is 0 Å². The number of halogens is 1. The van der Waals surface area contributed by atoms with Crippen LogP contribution in [0.15, 0.2) is 6.07 Å². The van der Waals surface area contributed by atoms with Gasteiger partial charge in [-0.05, 0) is 25.7 Å². The van der Waals surface area contributed by atoms with E-state index < -0.39 is 0 Å². The fraction of sp³-hybridized carbons (Fsp3) is 0.714. The van der Waals surface area contributed by atoms with Crippen LogP contribution in [0.3, 0.4) is 0 Å². The van der Waals surface area contributed by atoms with Crippen molar-refractivity contribution < 1.29 is 9.84 Å². The van der Waals surface area contributed by atoms with Crippen LogP contribution in [0.25, 0.3) is 0 Å². The number of fused-ring (bicyclic) bond motifs is 1. The second kappa shape index (κ2) is 5.84. The molecule has 1 aliphatic carbocycles. The number of hydrogen-bond acceptors (Lipinski definition) is 5. The van der Waals surface area contributed by atoms with Gasteiger partial charge >= 0.3 is 0 Å². The molecule has 0 amide bonds. The van der Waals surface area contributed by atoms with E-state index in [-0.39, 0.29) is 6.10 Å². The molecule has 1 aromatic rings. The summed E-state index contributed by atoms with van der Waals surface area (Å²) in [7, 11) is 0. The highest BCUT2D eigenvalue weighted by molar-refractivity contribution is 6.29. The van der Waals surface area contributed by atoms with Gasteiger partial charge < -0.3 is 14.7 Å². The van der Waals surface area contributed by atoms with E-state index in [1.165, 1.54) is 0 Å². The van der Waals surface area contributed by atoms with Crippen LogP contribution in [-0.2, 0) is 11.3 Å². The van der Waals surface area contributed by atoms with E-state index in [1.54, 1.807) is 6.07 Å². The van der Waals surface area contributed by atoms with Gasteiger partial charge in [0, 0.05) is 31.7 Å². The quantitative estimate of drug-likeness (QED) is 0.860. The number of rotatable bonds is 4. The lowest BCUT2D eigenvalue weighted by Crippen LogP contribution is -2.25. The summed E-state index contributed by atoms with van der Waals surface area (Å²) in [4.78, 5) is 10.9. The number of aliphatic hydroxyl groups is 1. The highest BCUT2D eigenvalue weighted by atomic mass is 35.5. The summed E-state index contributed by atoms with van der Waals surface area (Å²) in [6, 6.07) is 1.80. The average molecular weight is 298 g/mol. The van der Waals surface area contributed by atoms with Crippen LogP contribution in [0.5, 0.6) is 0 Å². The lowest BCUT2D eigenvalue weighted by Gasteiger charge is -2.20. The van der Waals surface area contributed by atoms with E-state index in [0.717, 1.165) is 31.7 Å². The average Bonchev–Trinajstić information content (AvgIpc) is 2.99. The zero-order valence-electron chi connectivity index (χ0n) is 11.6. The summed E-state index contributed by atoms with van der Waals surface area (Å²) in [6.07, 6.45) is 1.88. The molecule has 3 unspecified atom stereocenters. The van der Waals surface area contributed by atoms with Crippen molar-refractivity contribution >= 4 is 17.4 Å². The molecule has 2 heterocycles. The van der Waals surface area contributed by atoms with E-state index in [1.807, 2.05) is 6.92 Å². The van der Waals surface area contributed by atoms with E-state index in [9.17, 15) is 5.11 Å². The fourth-order valence-corrected chi connectivity index (χ4v) is 3.49. The van der Waals surface area contributed by atoms with Crippen molar-refractivity contribution in [2.24, 2.45) is 11.8 Å². The highest BCUT2D eigenvalue weighted by Gasteiger charge is 2.42. The van der Waals surface area contributed by atoms with Crippen molar-refractivity contribution in [3.05, 3.63) is 17.0 Å². The monoisotopic (exact) mass is 297 g/mol. The van der Waals surface area contributed by atoms with Gasteiger partial charge in [-0.15, -0.1) is 0 Å². The summed E-state index contributed by atoms with van der Waals surface area (Å²) < 4.78 is 5.34. The molecule has 110 valence electrons. The predicted molar refractivity (Wildman–Crippen MR) is 76.8 cm³/mol. The Morgan fingerprint density at radius 2 is 2.25 bits per heavy atom. The third-order valence-electron chi connectivity index (χ3n) is 4.31. The van der Waals surface area contributed by atoms with E-state index in [4.69, 9.17) is 16.3 Å². The van der Waals surface area contributed by atoms with Crippen LogP contribution < -0.4 is 4.90 Å². The van der Waals surface area contributed by atoms with Crippen molar-refractivity contribution in [3.8, 4) is 0 Å². The Morgan fingerprint density at radius 3 is 3.00 bits per heavy atom. The largest absolute Gasteiger partial charge is 0.393 e. The lowest BCUT2D eigenvalue weighted by atomic mass is 10.00. The summed E-state index contributed by atoms with van der Waals surface area (Å²) in [5.74, 6) is 2.42. The first-order valence-corrected chi connectivity index (χ1v) is 7.59. The van der Waals surface area contributed by atoms with Crippen molar-refractivity contribution in [1.29, 1.82) is 0 Å². The van der Waals surface area contributed by atoms with Crippen molar-refractivity contribution in [1.82, 2.24) is 9.97 Å². The van der Waals surface area contributed by atoms with Crippen LogP contribution in [0, 0.1) is 11.8 Å². The molecule has 0 spiro atoms. The molecule has 0 aromatic carbocycles. The van der Waals surface area contributed by atoms with Gasteiger partial charge in [0.2, 0.25) is 0 Å². The number of anilines is 1. The highest BCUT2D eigenvalue weighted by Crippen LogP contribution is 2.39. The van der Waals surface area contributed by atoms with Gasteiger partial charge in [-0.2, -0.15) is 0 Å². The maximum Gasteiger partial charge on any atom is 0.158 e. The molecule has 0 radical (unpaired) electrons. The summed E-state index contributed by atoms with van der Waals surface area (Å²) in [5, 5.41) is 10.4. The van der Waals surface area contributed by atoms with Crippen LogP contribution in [0.1, 0.15) is 25.6 Å². The number of aliphatic hydroxyl groups excluding tert-OH is 1. The van der Waals surface area contributed by atoms with Gasteiger partial charge in [-0.3, -0.25) is 0 Å². The summed E-state index contributed by atoms with van der Waals surface area (Å²) >= 11 is 6.07. The maximum atomic E-state index is 9.98. The third-order valence-corrected chi connectivity index (χ3v) is 4.50. The molecular formula is C14H20ClN3O2. The number of nitrogens with zero attached hydrogens (tertiary/aromatic N) is 3. The van der Waals surface area contributed by atoms with Crippen LogP contribution >= 0.6 is 11.6 Å². The molecule has 1 saturated carbocycles. The molecule has 3 rings (SSSR count). The molecule has 6 heteroatoms. The lowest BCUT2D eigenvalue weighted by molar-refractivity contribution is 0.128. The minimum atomic E-state index is -0.162. The first-order chi connectivity index (χ1) is 9.67. The topological polar surface area (TPSA) is 58.5 Å². The van der Waals surface area contributed by atoms with Gasteiger partial charge in [0.1, 0.15) is 17.6 Å². The van der Waals surface area contributed by atoms with Gasteiger partial charge in [0.15, 0.2) is 5.82 Å². The Bertz CT molecular complexity index is 485. The normalized spacial score (nSPS) is 28.9. The molecule has 5 nitrogen and oxygen atoms in total. The minimum Gasteiger partial charge on any atom is -0.393 e. The smallest absolute Gasteiger partial charge is 0.158 e. The van der Waals surface area contributed by atoms with Crippen LogP contribution in [-0.4, -0.2) is 40.9 Å². The van der Waals surface area contributed by atoms with Gasteiger partial charge in [0.05, 0.1) is 6.10 Å². The summed E-state index contributed by atoms with van der Waals surface area (Å²) in [5.41, 5.74) is 0. The first kappa shape index (κ1) is 14.0. The van der Waals surface area contributed by atoms with Gasteiger partial charge in [-0.25, -0.2) is 9.97 Å². The molecule has 3 atom stereocenters. The zero-order valence-corrected chi connectivity index (χ0v) is 12.4. The SMILES string of the molecule is CCOCc1nc(Cl)cc(N2CC3CCC(O)C3C2)n1. The number of hydrogen-bond donors (Lipinski definition) is 1. The van der Waals surface area contributed by atoms with E-state index in [2.05, 4.69) is 14.9 Å². The Hall–Kier alpha value is -0.910. The molecule has 20 heavy (non-hydrogen) atoms. The fourth-order valence-electron chi connectivity index (χ4n) is 3.30. The Kier molecular flexibility index (Phi) is 4.10. The van der Waals surface area contributed by atoms with Crippen molar-refractivity contribution in [3.63, 3.8) is 0 Å². The molecule has 1 aromatic heterocycles. The molecule has 2 aliphatic rings. The Morgan fingerprint density at radius 1 is 1.40 bits per heavy atom. The minimum absolute atomic E-state index is 0.162. The predicted octanol–water partition coefficient (Wildman–Crippen LogP) is 1.87. The number of ether oxygens (including phenoxy) is 1. The van der Waals surface area contributed by atoms with Crippen LogP contribution in [0.4, 0.5) is 5.82 Å². The van der Waals surface area contributed by atoms with E-state index in [0.29, 0.717) is 36.0 Å². The molecule has 2 fully saturated rings. The Balaban J connectivity index is 1.75. The summed E-state index contributed by atoms with van der Waals surface area (Å²) in [6.45, 7) is 4.75. The molecule has 1 N–H and O–H groups in total. The molecule has 0 bridgehead atoms. The standard InChI is InChI=1S/C14H20ClN3O2/c1-2-20-8-13-16-12(15)5-14(17-13)18-6-9-3-4-11(19)10(9)7-18/h5,9-11,19H,2-4,6-8H2,1H3.